The Morgan fingerprint density at radius 3 is 2.61 bits per heavy atom. The van der Waals surface area contributed by atoms with E-state index in [4.69, 9.17) is 5.11 Å². The zero-order valence-electron chi connectivity index (χ0n) is 12.3. The highest BCUT2D eigenvalue weighted by Gasteiger charge is 2.23. The van der Waals surface area contributed by atoms with E-state index in [0.717, 1.165) is 25.2 Å². The average Bonchev–Trinajstić information content (AvgIpc) is 2.63. The molecule has 1 atom stereocenters. The van der Waals surface area contributed by atoms with E-state index in [9.17, 15) is 0 Å². The van der Waals surface area contributed by atoms with Crippen molar-refractivity contribution in [1.29, 1.82) is 0 Å². The van der Waals surface area contributed by atoms with Crippen LogP contribution in [0.5, 0.6) is 0 Å². The van der Waals surface area contributed by atoms with Gasteiger partial charge in [0, 0.05) is 25.7 Å². The van der Waals surface area contributed by atoms with Crippen molar-refractivity contribution in [2.75, 3.05) is 6.61 Å². The van der Waals surface area contributed by atoms with Crippen LogP contribution in [0.2, 0.25) is 0 Å². The Hall–Kier alpha value is -0.870. The number of aromatic nitrogens is 2. The van der Waals surface area contributed by atoms with Gasteiger partial charge in [0.1, 0.15) is 0 Å². The zero-order valence-corrected chi connectivity index (χ0v) is 12.3. The molecule has 0 amide bonds. The second-order valence-electron chi connectivity index (χ2n) is 5.90. The van der Waals surface area contributed by atoms with E-state index in [2.05, 4.69) is 44.2 Å². The van der Waals surface area contributed by atoms with E-state index in [1.54, 1.807) is 0 Å². The first kappa shape index (κ1) is 15.2. The van der Waals surface area contributed by atoms with Gasteiger partial charge in [0.25, 0.3) is 0 Å². The first-order chi connectivity index (χ1) is 8.38. The number of hydrogen-bond acceptors (Lipinski definition) is 3. The second-order valence-corrected chi connectivity index (χ2v) is 5.90. The number of aliphatic hydroxyl groups is 1. The molecule has 1 unspecified atom stereocenters. The normalized spacial score (nSPS) is 13.9. The van der Waals surface area contributed by atoms with Gasteiger partial charge in [-0.1, -0.05) is 20.8 Å². The molecule has 2 N–H and O–H groups in total. The zero-order chi connectivity index (χ0) is 13.8. The minimum Gasteiger partial charge on any atom is -0.396 e. The van der Waals surface area contributed by atoms with Crippen molar-refractivity contribution in [3.05, 3.63) is 17.5 Å². The van der Waals surface area contributed by atoms with Gasteiger partial charge in [0.05, 0.1) is 11.4 Å². The minimum absolute atomic E-state index is 0.148. The third kappa shape index (κ3) is 4.10. The fourth-order valence-electron chi connectivity index (χ4n) is 2.21. The lowest BCUT2D eigenvalue weighted by atomic mass is 9.85. The molecular weight excluding hydrogens is 226 g/mol. The molecule has 0 aliphatic heterocycles. The summed E-state index contributed by atoms with van der Waals surface area (Å²) in [4.78, 5) is 0. The van der Waals surface area contributed by atoms with E-state index in [-0.39, 0.29) is 12.0 Å². The summed E-state index contributed by atoms with van der Waals surface area (Å²) >= 11 is 0. The molecule has 0 aliphatic carbocycles. The summed E-state index contributed by atoms with van der Waals surface area (Å²) in [6.07, 6.45) is 0.781. The van der Waals surface area contributed by atoms with Crippen molar-refractivity contribution in [3.8, 4) is 0 Å². The molecule has 0 aromatic carbocycles. The van der Waals surface area contributed by atoms with Crippen LogP contribution in [-0.2, 0) is 13.1 Å². The number of nitrogens with zero attached hydrogens (tertiary/aromatic N) is 2. The largest absolute Gasteiger partial charge is 0.396 e. The molecular formula is C14H27N3O. The van der Waals surface area contributed by atoms with Crippen molar-refractivity contribution in [2.45, 2.75) is 60.2 Å². The predicted molar refractivity (Wildman–Crippen MR) is 74.4 cm³/mol. The van der Waals surface area contributed by atoms with E-state index < -0.39 is 0 Å². The second kappa shape index (κ2) is 6.34. The van der Waals surface area contributed by atoms with Crippen LogP contribution in [0.1, 0.15) is 45.5 Å². The molecule has 0 saturated heterocycles. The van der Waals surface area contributed by atoms with Crippen molar-refractivity contribution in [2.24, 2.45) is 5.41 Å². The molecule has 4 nitrogen and oxygen atoms in total. The molecule has 1 aromatic heterocycles. The van der Waals surface area contributed by atoms with Crippen LogP contribution < -0.4 is 5.32 Å². The lowest BCUT2D eigenvalue weighted by Gasteiger charge is -2.31. The van der Waals surface area contributed by atoms with Gasteiger partial charge >= 0.3 is 0 Å². The van der Waals surface area contributed by atoms with Crippen molar-refractivity contribution >= 4 is 0 Å². The topological polar surface area (TPSA) is 50.1 Å². The van der Waals surface area contributed by atoms with Gasteiger partial charge in [-0.2, -0.15) is 5.10 Å². The van der Waals surface area contributed by atoms with E-state index in [0.29, 0.717) is 6.04 Å². The van der Waals surface area contributed by atoms with E-state index in [1.165, 1.54) is 5.69 Å². The van der Waals surface area contributed by atoms with Crippen molar-refractivity contribution < 1.29 is 5.11 Å². The monoisotopic (exact) mass is 253 g/mol. The molecule has 0 saturated carbocycles. The summed E-state index contributed by atoms with van der Waals surface area (Å²) in [7, 11) is 0. The third-order valence-electron chi connectivity index (χ3n) is 3.28. The summed E-state index contributed by atoms with van der Waals surface area (Å²) in [6.45, 7) is 12.6. The summed E-state index contributed by atoms with van der Waals surface area (Å²) in [5.41, 5.74) is 2.42. The Balaban J connectivity index is 2.66. The smallest absolute Gasteiger partial charge is 0.0597 e. The molecule has 104 valence electrons. The minimum atomic E-state index is 0.148. The van der Waals surface area contributed by atoms with Crippen LogP contribution in [0.15, 0.2) is 6.07 Å². The molecule has 1 rings (SSSR count). The molecule has 1 heterocycles. The summed E-state index contributed by atoms with van der Waals surface area (Å²) in [5, 5.41) is 17.1. The van der Waals surface area contributed by atoms with E-state index in [1.807, 2.05) is 11.6 Å². The number of aryl methyl sites for hydroxylation is 2. The average molecular weight is 253 g/mol. The Morgan fingerprint density at radius 2 is 2.11 bits per heavy atom. The molecule has 1 aromatic rings. The lowest BCUT2D eigenvalue weighted by molar-refractivity contribution is 0.195. The molecule has 18 heavy (non-hydrogen) atoms. The lowest BCUT2D eigenvalue weighted by Crippen LogP contribution is -2.40. The number of nitrogens with one attached hydrogen (secondary N) is 1. The maximum Gasteiger partial charge on any atom is 0.0597 e. The van der Waals surface area contributed by atoms with Gasteiger partial charge in [-0.05, 0) is 31.7 Å². The number of aliphatic hydroxyl groups excluding tert-OH is 1. The SMILES string of the molecule is CCn1nc(C)cc1CNC(CCO)C(C)(C)C. The van der Waals surface area contributed by atoms with E-state index >= 15 is 0 Å². The molecule has 0 spiro atoms. The number of rotatable bonds is 6. The molecule has 0 radical (unpaired) electrons. The first-order valence-electron chi connectivity index (χ1n) is 6.76. The van der Waals surface area contributed by atoms with Crippen LogP contribution in [0, 0.1) is 12.3 Å². The summed E-state index contributed by atoms with van der Waals surface area (Å²) in [5.74, 6) is 0. The Bertz CT molecular complexity index is 366. The molecule has 0 bridgehead atoms. The highest BCUT2D eigenvalue weighted by atomic mass is 16.3. The Labute approximate surface area is 110 Å². The first-order valence-corrected chi connectivity index (χ1v) is 6.76. The fraction of sp³-hybridized carbons (Fsp3) is 0.786. The van der Waals surface area contributed by atoms with Gasteiger partial charge in [0.2, 0.25) is 0 Å². The van der Waals surface area contributed by atoms with Crippen LogP contribution >= 0.6 is 0 Å². The maximum absolute atomic E-state index is 9.14. The number of hydrogen-bond donors (Lipinski definition) is 2. The van der Waals surface area contributed by atoms with Crippen molar-refractivity contribution in [3.63, 3.8) is 0 Å². The predicted octanol–water partition coefficient (Wildman–Crippen LogP) is 2.10. The van der Waals surface area contributed by atoms with Crippen LogP contribution in [0.4, 0.5) is 0 Å². The maximum atomic E-state index is 9.14. The third-order valence-corrected chi connectivity index (χ3v) is 3.28. The van der Waals surface area contributed by atoms with Gasteiger partial charge in [-0.3, -0.25) is 4.68 Å². The quantitative estimate of drug-likeness (QED) is 0.816. The highest BCUT2D eigenvalue weighted by molar-refractivity contribution is 5.09. The Kier molecular flexibility index (Phi) is 5.35. The summed E-state index contributed by atoms with van der Waals surface area (Å²) < 4.78 is 2.03. The summed E-state index contributed by atoms with van der Waals surface area (Å²) in [6, 6.07) is 2.43. The standard InChI is InChI=1S/C14H27N3O/c1-6-17-12(9-11(2)16-17)10-15-13(7-8-18)14(3,4)5/h9,13,15,18H,6-8,10H2,1-5H3. The van der Waals surface area contributed by atoms with Crippen LogP contribution in [-0.4, -0.2) is 27.5 Å². The fourth-order valence-corrected chi connectivity index (χ4v) is 2.21. The van der Waals surface area contributed by atoms with Gasteiger partial charge in [-0.15, -0.1) is 0 Å². The molecule has 4 heteroatoms. The van der Waals surface area contributed by atoms with Gasteiger partial charge < -0.3 is 10.4 Å². The molecule has 0 aliphatic rings. The van der Waals surface area contributed by atoms with Crippen LogP contribution in [0.25, 0.3) is 0 Å². The van der Waals surface area contributed by atoms with Crippen molar-refractivity contribution in [1.82, 2.24) is 15.1 Å². The Morgan fingerprint density at radius 1 is 1.44 bits per heavy atom. The highest BCUT2D eigenvalue weighted by Crippen LogP contribution is 2.22. The molecule has 0 fully saturated rings. The van der Waals surface area contributed by atoms with Crippen LogP contribution in [0.3, 0.4) is 0 Å². The van der Waals surface area contributed by atoms with Gasteiger partial charge in [-0.25, -0.2) is 0 Å². The van der Waals surface area contributed by atoms with Gasteiger partial charge in [0.15, 0.2) is 0 Å².